The van der Waals surface area contributed by atoms with E-state index in [1.54, 1.807) is 19.1 Å². The van der Waals surface area contributed by atoms with E-state index in [1.807, 2.05) is 12.1 Å². The highest BCUT2D eigenvalue weighted by molar-refractivity contribution is 7.91. The van der Waals surface area contributed by atoms with Gasteiger partial charge in [0.15, 0.2) is 9.84 Å². The lowest BCUT2D eigenvalue weighted by Gasteiger charge is -2.02. The van der Waals surface area contributed by atoms with Gasteiger partial charge in [0.25, 0.3) is 0 Å². The van der Waals surface area contributed by atoms with Gasteiger partial charge in [0, 0.05) is 0 Å². The summed E-state index contributed by atoms with van der Waals surface area (Å²) < 4.78 is 22.9. The van der Waals surface area contributed by atoms with Gasteiger partial charge in [-0.15, -0.1) is 0 Å². The van der Waals surface area contributed by atoms with Gasteiger partial charge in [-0.2, -0.15) is 0 Å². The van der Waals surface area contributed by atoms with E-state index >= 15 is 0 Å². The van der Waals surface area contributed by atoms with Gasteiger partial charge in [0.05, 0.1) is 10.6 Å². The molecule has 0 unspecified atom stereocenters. The summed E-state index contributed by atoms with van der Waals surface area (Å²) in [7, 11) is -3.06. The molecule has 0 saturated carbocycles. The second kappa shape index (κ2) is 4.57. The van der Waals surface area contributed by atoms with Crippen LogP contribution in [-0.2, 0) is 16.3 Å². The summed E-state index contributed by atoms with van der Waals surface area (Å²) in [6.45, 7) is 2.23. The summed E-state index contributed by atoms with van der Waals surface area (Å²) in [6, 6.07) is 6.92. The lowest BCUT2D eigenvalue weighted by Crippen LogP contribution is -2.05. The van der Waals surface area contributed by atoms with E-state index in [2.05, 4.69) is 0 Å². The third-order valence-corrected chi connectivity index (χ3v) is 3.85. The van der Waals surface area contributed by atoms with Crippen molar-refractivity contribution >= 4 is 9.84 Å². The number of benzene rings is 1. The maximum Gasteiger partial charge on any atom is 0.178 e. The molecule has 1 rings (SSSR count). The fraction of sp³-hybridized carbons (Fsp3) is 0.400. The first kappa shape index (κ1) is 11.2. The van der Waals surface area contributed by atoms with Crippen LogP contribution in [0, 0.1) is 0 Å². The Morgan fingerprint density at radius 1 is 1.21 bits per heavy atom. The second-order valence-electron chi connectivity index (χ2n) is 3.09. The third kappa shape index (κ3) is 2.56. The third-order valence-electron chi connectivity index (χ3n) is 2.10. The number of rotatable bonds is 4. The first-order valence-corrected chi connectivity index (χ1v) is 6.27. The minimum absolute atomic E-state index is 0.142. The van der Waals surface area contributed by atoms with E-state index < -0.39 is 9.84 Å². The molecule has 0 amide bonds. The largest absolute Gasteiger partial charge is 0.330 e. The Morgan fingerprint density at radius 3 is 2.21 bits per heavy atom. The van der Waals surface area contributed by atoms with Crippen LogP contribution in [-0.4, -0.2) is 20.7 Å². The van der Waals surface area contributed by atoms with Crippen molar-refractivity contribution in [3.63, 3.8) is 0 Å². The Kier molecular flexibility index (Phi) is 3.66. The molecule has 0 bridgehead atoms. The quantitative estimate of drug-likeness (QED) is 0.811. The minimum atomic E-state index is -3.06. The normalized spacial score (nSPS) is 11.6. The van der Waals surface area contributed by atoms with Crippen molar-refractivity contribution in [2.45, 2.75) is 18.2 Å². The molecule has 1 aromatic carbocycles. The van der Waals surface area contributed by atoms with Crippen LogP contribution in [0.2, 0.25) is 0 Å². The fourth-order valence-electron chi connectivity index (χ4n) is 1.20. The van der Waals surface area contributed by atoms with Crippen molar-refractivity contribution in [1.82, 2.24) is 0 Å². The first-order chi connectivity index (χ1) is 6.60. The van der Waals surface area contributed by atoms with Crippen LogP contribution in [0.15, 0.2) is 29.2 Å². The monoisotopic (exact) mass is 213 g/mol. The zero-order valence-corrected chi connectivity index (χ0v) is 9.05. The fourth-order valence-corrected chi connectivity index (χ4v) is 2.08. The van der Waals surface area contributed by atoms with Crippen molar-refractivity contribution in [2.24, 2.45) is 5.73 Å². The van der Waals surface area contributed by atoms with E-state index in [-0.39, 0.29) is 5.75 Å². The molecule has 0 aliphatic carbocycles. The van der Waals surface area contributed by atoms with Crippen LogP contribution in [0.4, 0.5) is 0 Å². The van der Waals surface area contributed by atoms with E-state index in [9.17, 15) is 8.42 Å². The molecule has 14 heavy (non-hydrogen) atoms. The highest BCUT2D eigenvalue weighted by Gasteiger charge is 2.10. The number of hydrogen-bond donors (Lipinski definition) is 1. The Balaban J connectivity index is 2.94. The number of hydrogen-bond acceptors (Lipinski definition) is 3. The molecule has 1 aromatic rings. The summed E-state index contributed by atoms with van der Waals surface area (Å²) >= 11 is 0. The molecule has 0 saturated heterocycles. The van der Waals surface area contributed by atoms with Gasteiger partial charge in [-0.1, -0.05) is 19.1 Å². The van der Waals surface area contributed by atoms with Crippen molar-refractivity contribution in [2.75, 3.05) is 12.3 Å². The molecular formula is C10H15NO2S. The van der Waals surface area contributed by atoms with Crippen molar-refractivity contribution in [3.8, 4) is 0 Å². The Hall–Kier alpha value is -0.870. The molecule has 0 aliphatic rings. The Labute approximate surface area is 84.9 Å². The van der Waals surface area contributed by atoms with Gasteiger partial charge < -0.3 is 5.73 Å². The first-order valence-electron chi connectivity index (χ1n) is 4.62. The molecule has 0 atom stereocenters. The van der Waals surface area contributed by atoms with Gasteiger partial charge in [-0.05, 0) is 30.7 Å². The van der Waals surface area contributed by atoms with Gasteiger partial charge in [0.2, 0.25) is 0 Å². The van der Waals surface area contributed by atoms with Crippen LogP contribution >= 0.6 is 0 Å². The lowest BCUT2D eigenvalue weighted by atomic mass is 10.2. The summed E-state index contributed by atoms with van der Waals surface area (Å²) in [5.41, 5.74) is 6.46. The van der Waals surface area contributed by atoms with E-state index in [4.69, 9.17) is 5.73 Å². The summed E-state index contributed by atoms with van der Waals surface area (Å²) in [5, 5.41) is 0. The molecule has 78 valence electrons. The van der Waals surface area contributed by atoms with Crippen LogP contribution in [0.5, 0.6) is 0 Å². The van der Waals surface area contributed by atoms with E-state index in [0.717, 1.165) is 12.0 Å². The van der Waals surface area contributed by atoms with Crippen molar-refractivity contribution < 1.29 is 8.42 Å². The van der Waals surface area contributed by atoms with Crippen molar-refractivity contribution in [1.29, 1.82) is 0 Å². The SMILES string of the molecule is CCS(=O)(=O)c1ccc(CCN)cc1. The average Bonchev–Trinajstić information content (AvgIpc) is 2.19. The average molecular weight is 213 g/mol. The molecule has 0 radical (unpaired) electrons. The van der Waals surface area contributed by atoms with Crippen LogP contribution in [0.1, 0.15) is 12.5 Å². The predicted octanol–water partition coefficient (Wildman–Crippen LogP) is 0.981. The molecule has 0 fully saturated rings. The number of nitrogens with two attached hydrogens (primary N) is 1. The zero-order valence-electron chi connectivity index (χ0n) is 8.23. The predicted molar refractivity (Wildman–Crippen MR) is 56.9 cm³/mol. The van der Waals surface area contributed by atoms with Gasteiger partial charge in [0.1, 0.15) is 0 Å². The molecule has 0 aromatic heterocycles. The van der Waals surface area contributed by atoms with Crippen molar-refractivity contribution in [3.05, 3.63) is 29.8 Å². The molecular weight excluding hydrogens is 198 g/mol. The standard InChI is InChI=1S/C10H15NO2S/c1-2-14(12,13)10-5-3-9(4-6-10)7-8-11/h3-6H,2,7-8,11H2,1H3. The summed E-state index contributed by atoms with van der Waals surface area (Å²) in [6.07, 6.45) is 0.784. The highest BCUT2D eigenvalue weighted by Crippen LogP contribution is 2.12. The lowest BCUT2D eigenvalue weighted by molar-refractivity contribution is 0.597. The minimum Gasteiger partial charge on any atom is -0.330 e. The maximum atomic E-state index is 11.4. The van der Waals surface area contributed by atoms with E-state index in [1.165, 1.54) is 0 Å². The molecule has 0 aliphatic heterocycles. The highest BCUT2D eigenvalue weighted by atomic mass is 32.2. The maximum absolute atomic E-state index is 11.4. The smallest absolute Gasteiger partial charge is 0.178 e. The van der Waals surface area contributed by atoms with Gasteiger partial charge >= 0.3 is 0 Å². The van der Waals surface area contributed by atoms with E-state index in [0.29, 0.717) is 11.4 Å². The topological polar surface area (TPSA) is 60.2 Å². The Bertz CT molecular complexity index is 381. The zero-order chi connectivity index (χ0) is 10.6. The van der Waals surface area contributed by atoms with Crippen LogP contribution in [0.25, 0.3) is 0 Å². The van der Waals surface area contributed by atoms with Gasteiger partial charge in [-0.3, -0.25) is 0 Å². The summed E-state index contributed by atoms with van der Waals surface area (Å²) in [4.78, 5) is 0.390. The Morgan fingerprint density at radius 2 is 1.79 bits per heavy atom. The molecule has 0 heterocycles. The molecule has 3 nitrogen and oxygen atoms in total. The molecule has 0 spiro atoms. The summed E-state index contributed by atoms with van der Waals surface area (Å²) in [5.74, 6) is 0.142. The molecule has 4 heteroatoms. The second-order valence-corrected chi connectivity index (χ2v) is 5.36. The number of sulfone groups is 1. The molecule has 2 N–H and O–H groups in total. The van der Waals surface area contributed by atoms with Crippen LogP contribution in [0.3, 0.4) is 0 Å². The van der Waals surface area contributed by atoms with Crippen LogP contribution < -0.4 is 5.73 Å². The van der Waals surface area contributed by atoms with Gasteiger partial charge in [-0.25, -0.2) is 8.42 Å².